The lowest BCUT2D eigenvalue weighted by atomic mass is 10.2. The molecule has 0 bridgehead atoms. The molecule has 1 aromatic heterocycles. The van der Waals surface area contributed by atoms with Gasteiger partial charge in [-0.1, -0.05) is 29.5 Å². The zero-order valence-electron chi connectivity index (χ0n) is 10.0. The molecule has 0 atom stereocenters. The van der Waals surface area contributed by atoms with E-state index in [1.807, 2.05) is 26.0 Å². The lowest BCUT2D eigenvalue weighted by Gasteiger charge is -2.07. The normalized spacial score (nSPS) is 10.3. The number of carboxylic acid groups (broad SMARTS) is 1. The van der Waals surface area contributed by atoms with E-state index in [4.69, 9.17) is 5.11 Å². The van der Waals surface area contributed by atoms with Gasteiger partial charge in [-0.2, -0.15) is 0 Å². The molecule has 0 aliphatic heterocycles. The largest absolute Gasteiger partial charge is 0.476 e. The Morgan fingerprint density at radius 3 is 2.61 bits per heavy atom. The molecular weight excluding hydrogens is 248 g/mol. The van der Waals surface area contributed by atoms with E-state index in [0.717, 1.165) is 10.5 Å². The van der Waals surface area contributed by atoms with E-state index >= 15 is 0 Å². The second-order valence-corrected chi connectivity index (χ2v) is 4.92. The second kappa shape index (κ2) is 5.18. The van der Waals surface area contributed by atoms with Crippen molar-refractivity contribution in [1.82, 2.24) is 9.97 Å². The lowest BCUT2D eigenvalue weighted by molar-refractivity contribution is 0.0685. The molecule has 0 fully saturated rings. The first-order chi connectivity index (χ1) is 8.58. The third-order valence-electron chi connectivity index (χ3n) is 2.40. The topological polar surface area (TPSA) is 63.1 Å². The fraction of sp³-hybridized carbons (Fsp3) is 0.154. The van der Waals surface area contributed by atoms with E-state index < -0.39 is 5.97 Å². The monoisotopic (exact) mass is 260 g/mol. The van der Waals surface area contributed by atoms with Gasteiger partial charge >= 0.3 is 5.97 Å². The molecule has 0 unspecified atom stereocenters. The van der Waals surface area contributed by atoms with E-state index in [9.17, 15) is 4.79 Å². The summed E-state index contributed by atoms with van der Waals surface area (Å²) in [5, 5.41) is 9.46. The number of carbonyl (C=O) groups is 1. The van der Waals surface area contributed by atoms with Crippen LogP contribution in [0.5, 0.6) is 0 Å². The van der Waals surface area contributed by atoms with Gasteiger partial charge < -0.3 is 5.11 Å². The minimum atomic E-state index is -1.06. The molecule has 92 valence electrons. The van der Waals surface area contributed by atoms with Crippen LogP contribution in [0.25, 0.3) is 0 Å². The molecule has 0 spiro atoms. The highest BCUT2D eigenvalue weighted by atomic mass is 32.2. The maximum atomic E-state index is 11.0. The minimum absolute atomic E-state index is 0.0116. The summed E-state index contributed by atoms with van der Waals surface area (Å²) < 4.78 is 0. The van der Waals surface area contributed by atoms with Gasteiger partial charge in [0.1, 0.15) is 5.03 Å². The summed E-state index contributed by atoms with van der Waals surface area (Å²) in [5.41, 5.74) is 2.26. The van der Waals surface area contributed by atoms with Crippen molar-refractivity contribution < 1.29 is 9.90 Å². The number of aryl methyl sites for hydroxylation is 2. The number of rotatable bonds is 3. The third-order valence-corrected chi connectivity index (χ3v) is 3.57. The van der Waals surface area contributed by atoms with Gasteiger partial charge in [0.2, 0.25) is 0 Å². The van der Waals surface area contributed by atoms with Crippen LogP contribution < -0.4 is 0 Å². The number of aromatic nitrogens is 2. The van der Waals surface area contributed by atoms with E-state index in [-0.39, 0.29) is 5.69 Å². The number of hydrogen-bond donors (Lipinski definition) is 1. The fourth-order valence-electron chi connectivity index (χ4n) is 1.56. The Bertz CT molecular complexity index is 599. The second-order valence-electron chi connectivity index (χ2n) is 3.89. The van der Waals surface area contributed by atoms with Crippen LogP contribution in [0.4, 0.5) is 0 Å². The van der Waals surface area contributed by atoms with Crippen LogP contribution in [0.1, 0.15) is 21.6 Å². The van der Waals surface area contributed by atoms with Crippen molar-refractivity contribution in [3.05, 3.63) is 47.4 Å². The van der Waals surface area contributed by atoms with Crippen LogP contribution in [-0.2, 0) is 0 Å². The van der Waals surface area contributed by atoms with E-state index in [2.05, 4.69) is 16.0 Å². The predicted octanol–water partition coefficient (Wildman–Crippen LogP) is 2.94. The van der Waals surface area contributed by atoms with Crippen molar-refractivity contribution in [1.29, 1.82) is 0 Å². The number of nitrogens with zero attached hydrogens (tertiary/aromatic N) is 2. The average molecular weight is 260 g/mol. The SMILES string of the molecule is Cc1ccc(Sc2nccnc2C(=O)O)c(C)c1. The maximum Gasteiger partial charge on any atom is 0.357 e. The smallest absolute Gasteiger partial charge is 0.357 e. The van der Waals surface area contributed by atoms with Crippen molar-refractivity contribution in [3.63, 3.8) is 0 Å². The predicted molar refractivity (Wildman–Crippen MR) is 69.0 cm³/mol. The molecule has 0 radical (unpaired) electrons. The minimum Gasteiger partial charge on any atom is -0.476 e. The fourth-order valence-corrected chi connectivity index (χ4v) is 2.48. The Hall–Kier alpha value is -1.88. The Kier molecular flexibility index (Phi) is 3.62. The van der Waals surface area contributed by atoms with Crippen molar-refractivity contribution in [3.8, 4) is 0 Å². The van der Waals surface area contributed by atoms with Gasteiger partial charge in [-0.3, -0.25) is 0 Å². The van der Waals surface area contributed by atoms with Crippen molar-refractivity contribution in [2.45, 2.75) is 23.8 Å². The molecular formula is C13H12N2O2S. The molecule has 4 nitrogen and oxygen atoms in total. The van der Waals surface area contributed by atoms with Gasteiger partial charge in [-0.05, 0) is 25.5 Å². The van der Waals surface area contributed by atoms with Crippen LogP contribution in [0.15, 0.2) is 40.5 Å². The molecule has 0 saturated heterocycles. The summed E-state index contributed by atoms with van der Waals surface area (Å²) >= 11 is 1.32. The maximum absolute atomic E-state index is 11.0. The van der Waals surface area contributed by atoms with E-state index in [1.54, 1.807) is 0 Å². The molecule has 1 heterocycles. The van der Waals surface area contributed by atoms with Crippen LogP contribution >= 0.6 is 11.8 Å². The standard InChI is InChI=1S/C13H12N2O2S/c1-8-3-4-10(9(2)7-8)18-12-11(13(16)17)14-5-6-15-12/h3-7H,1-2H3,(H,16,17). The first-order valence-corrected chi connectivity index (χ1v) is 6.19. The van der Waals surface area contributed by atoms with Crippen LogP contribution in [-0.4, -0.2) is 21.0 Å². The van der Waals surface area contributed by atoms with Gasteiger partial charge in [0.25, 0.3) is 0 Å². The Labute approximate surface area is 109 Å². The first kappa shape index (κ1) is 12.6. The molecule has 1 N–H and O–H groups in total. The van der Waals surface area contributed by atoms with Gasteiger partial charge in [0.05, 0.1) is 0 Å². The molecule has 1 aromatic carbocycles. The van der Waals surface area contributed by atoms with Crippen molar-refractivity contribution >= 4 is 17.7 Å². The zero-order chi connectivity index (χ0) is 13.1. The first-order valence-electron chi connectivity index (χ1n) is 5.37. The van der Waals surface area contributed by atoms with Crippen molar-refractivity contribution in [2.75, 3.05) is 0 Å². The highest BCUT2D eigenvalue weighted by Crippen LogP contribution is 2.30. The Morgan fingerprint density at radius 2 is 1.94 bits per heavy atom. The lowest BCUT2D eigenvalue weighted by Crippen LogP contribution is -2.03. The average Bonchev–Trinajstić information content (AvgIpc) is 2.33. The molecule has 2 rings (SSSR count). The number of benzene rings is 1. The highest BCUT2D eigenvalue weighted by molar-refractivity contribution is 7.99. The van der Waals surface area contributed by atoms with Gasteiger partial charge in [-0.15, -0.1) is 0 Å². The van der Waals surface area contributed by atoms with Gasteiger partial charge in [0, 0.05) is 17.3 Å². The van der Waals surface area contributed by atoms with Gasteiger partial charge in [-0.25, -0.2) is 14.8 Å². The number of carboxylic acids is 1. The molecule has 0 aliphatic carbocycles. The van der Waals surface area contributed by atoms with E-state index in [1.165, 1.54) is 29.7 Å². The summed E-state index contributed by atoms with van der Waals surface area (Å²) in [4.78, 5) is 19.9. The van der Waals surface area contributed by atoms with Crippen LogP contribution in [0.2, 0.25) is 0 Å². The summed E-state index contributed by atoms with van der Waals surface area (Å²) in [7, 11) is 0. The van der Waals surface area contributed by atoms with E-state index in [0.29, 0.717) is 5.03 Å². The summed E-state index contributed by atoms with van der Waals surface area (Å²) in [6.07, 6.45) is 2.88. The quantitative estimate of drug-likeness (QED) is 0.919. The van der Waals surface area contributed by atoms with Gasteiger partial charge in [0.15, 0.2) is 5.69 Å². The number of aromatic carboxylic acids is 1. The molecule has 2 aromatic rings. The van der Waals surface area contributed by atoms with Crippen LogP contribution in [0, 0.1) is 13.8 Å². The summed E-state index contributed by atoms with van der Waals surface area (Å²) in [6.45, 7) is 4.01. The highest BCUT2D eigenvalue weighted by Gasteiger charge is 2.14. The number of hydrogen-bond acceptors (Lipinski definition) is 4. The summed E-state index contributed by atoms with van der Waals surface area (Å²) in [6, 6.07) is 6.01. The Morgan fingerprint density at radius 1 is 1.22 bits per heavy atom. The Balaban J connectivity index is 2.37. The van der Waals surface area contributed by atoms with Crippen LogP contribution in [0.3, 0.4) is 0 Å². The molecule has 0 aliphatic rings. The third kappa shape index (κ3) is 2.68. The molecule has 5 heteroatoms. The molecule has 0 amide bonds. The summed E-state index contributed by atoms with van der Waals surface area (Å²) in [5.74, 6) is -1.06. The molecule has 18 heavy (non-hydrogen) atoms. The zero-order valence-corrected chi connectivity index (χ0v) is 10.9. The van der Waals surface area contributed by atoms with Crippen molar-refractivity contribution in [2.24, 2.45) is 0 Å². The molecule has 0 saturated carbocycles.